The lowest BCUT2D eigenvalue weighted by Crippen LogP contribution is -2.36. The number of alkyl halides is 2. The topological polar surface area (TPSA) is 49.3 Å². The number of carbonyl (C=O) groups excluding carboxylic acids is 1. The van der Waals surface area contributed by atoms with Crippen LogP contribution in [0.25, 0.3) is 0 Å². The zero-order valence-corrected chi connectivity index (χ0v) is 10.7. The minimum absolute atomic E-state index is 0.140. The van der Waals surface area contributed by atoms with Crippen molar-refractivity contribution in [2.75, 3.05) is 12.3 Å². The molecule has 0 aliphatic heterocycles. The Hall–Kier alpha value is -1.14. The number of aliphatic hydroxyl groups excluding tert-OH is 1. The normalized spacial score (nSPS) is 12.5. The van der Waals surface area contributed by atoms with Crippen LogP contribution in [0.4, 0.5) is 8.78 Å². The number of rotatable bonds is 6. The van der Waals surface area contributed by atoms with Crippen LogP contribution in [0.1, 0.15) is 5.56 Å². The highest BCUT2D eigenvalue weighted by molar-refractivity contribution is 8.00. The van der Waals surface area contributed by atoms with Crippen LogP contribution in [0, 0.1) is 6.92 Å². The molecule has 18 heavy (non-hydrogen) atoms. The first-order valence-corrected chi connectivity index (χ1v) is 6.40. The molecule has 0 saturated heterocycles. The summed E-state index contributed by atoms with van der Waals surface area (Å²) in [5.41, 5.74) is 1.06. The van der Waals surface area contributed by atoms with Gasteiger partial charge in [0.1, 0.15) is 6.10 Å². The van der Waals surface area contributed by atoms with E-state index in [4.69, 9.17) is 5.11 Å². The van der Waals surface area contributed by atoms with E-state index in [1.54, 1.807) is 0 Å². The Balaban J connectivity index is 2.32. The highest BCUT2D eigenvalue weighted by Gasteiger charge is 2.17. The molecule has 0 fully saturated rings. The third kappa shape index (κ3) is 5.01. The zero-order valence-electron chi connectivity index (χ0n) is 9.90. The number of nitrogens with one attached hydrogen (secondary N) is 1. The highest BCUT2D eigenvalue weighted by atomic mass is 32.2. The van der Waals surface area contributed by atoms with Crippen LogP contribution >= 0.6 is 11.8 Å². The summed E-state index contributed by atoms with van der Waals surface area (Å²) >= 11 is 1.33. The lowest BCUT2D eigenvalue weighted by atomic mass is 10.2. The van der Waals surface area contributed by atoms with Gasteiger partial charge in [-0.3, -0.25) is 4.79 Å². The lowest BCUT2D eigenvalue weighted by Gasteiger charge is -2.10. The van der Waals surface area contributed by atoms with E-state index in [1.807, 2.05) is 31.2 Å². The molecule has 100 valence electrons. The Kier molecular flexibility index (Phi) is 6.07. The number of carbonyl (C=O) groups is 1. The van der Waals surface area contributed by atoms with E-state index >= 15 is 0 Å². The summed E-state index contributed by atoms with van der Waals surface area (Å²) in [6.45, 7) is 1.51. The molecule has 1 rings (SSSR count). The summed E-state index contributed by atoms with van der Waals surface area (Å²) in [5.74, 6) is -0.233. The number of hydrogen-bond donors (Lipinski definition) is 2. The number of hydrogen-bond acceptors (Lipinski definition) is 3. The van der Waals surface area contributed by atoms with Gasteiger partial charge in [0.25, 0.3) is 6.43 Å². The van der Waals surface area contributed by atoms with Crippen molar-refractivity contribution in [1.82, 2.24) is 5.32 Å². The molecule has 6 heteroatoms. The van der Waals surface area contributed by atoms with Gasteiger partial charge in [0.2, 0.25) is 5.91 Å². The van der Waals surface area contributed by atoms with E-state index in [1.165, 1.54) is 11.8 Å². The standard InChI is InChI=1S/C12H15F2NO2S/c1-8-4-2-3-5-10(8)18-7-11(17)15-6-9(16)12(13)14/h2-5,9,12,16H,6-7H2,1H3,(H,15,17). The molecule has 1 aromatic rings. The van der Waals surface area contributed by atoms with Crippen molar-refractivity contribution in [2.45, 2.75) is 24.3 Å². The van der Waals surface area contributed by atoms with Crippen molar-refractivity contribution >= 4 is 17.7 Å². The summed E-state index contributed by atoms with van der Waals surface area (Å²) in [7, 11) is 0. The molecule has 0 bridgehead atoms. The molecule has 0 saturated carbocycles. The molecule has 0 spiro atoms. The third-order valence-electron chi connectivity index (χ3n) is 2.25. The summed E-state index contributed by atoms with van der Waals surface area (Å²) in [6, 6.07) is 7.59. The molecule has 3 nitrogen and oxygen atoms in total. The van der Waals surface area contributed by atoms with Gasteiger partial charge in [-0.15, -0.1) is 11.8 Å². The van der Waals surface area contributed by atoms with Crippen molar-refractivity contribution in [3.05, 3.63) is 29.8 Å². The molecule has 0 radical (unpaired) electrons. The second kappa shape index (κ2) is 7.33. The minimum atomic E-state index is -2.84. The summed E-state index contributed by atoms with van der Waals surface area (Å²) in [5, 5.41) is 11.1. The highest BCUT2D eigenvalue weighted by Crippen LogP contribution is 2.21. The van der Waals surface area contributed by atoms with Gasteiger partial charge >= 0.3 is 0 Å². The van der Waals surface area contributed by atoms with Crippen molar-refractivity contribution in [3.63, 3.8) is 0 Å². The van der Waals surface area contributed by atoms with E-state index in [0.29, 0.717) is 0 Å². The molecule has 0 heterocycles. The molecular weight excluding hydrogens is 260 g/mol. The summed E-state index contributed by atoms with van der Waals surface area (Å²) < 4.78 is 24.0. The van der Waals surface area contributed by atoms with Crippen LogP contribution in [0.15, 0.2) is 29.2 Å². The Morgan fingerprint density at radius 3 is 2.72 bits per heavy atom. The number of amides is 1. The van der Waals surface area contributed by atoms with Crippen molar-refractivity contribution < 1.29 is 18.7 Å². The molecule has 1 amide bonds. The first-order chi connectivity index (χ1) is 8.50. The molecule has 2 N–H and O–H groups in total. The fraction of sp³-hybridized carbons (Fsp3) is 0.417. The third-order valence-corrected chi connectivity index (χ3v) is 3.43. The van der Waals surface area contributed by atoms with Gasteiger partial charge in [0, 0.05) is 11.4 Å². The van der Waals surface area contributed by atoms with Gasteiger partial charge in [0.15, 0.2) is 0 Å². The SMILES string of the molecule is Cc1ccccc1SCC(=O)NCC(O)C(F)F. The molecule has 0 aliphatic rings. The smallest absolute Gasteiger partial charge is 0.265 e. The minimum Gasteiger partial charge on any atom is -0.385 e. The number of benzene rings is 1. The van der Waals surface area contributed by atoms with E-state index in [9.17, 15) is 13.6 Å². The van der Waals surface area contributed by atoms with Gasteiger partial charge in [-0.25, -0.2) is 8.78 Å². The van der Waals surface area contributed by atoms with Crippen LogP contribution in [0.2, 0.25) is 0 Å². The zero-order chi connectivity index (χ0) is 13.5. The van der Waals surface area contributed by atoms with Crippen LogP contribution < -0.4 is 5.32 Å². The van der Waals surface area contributed by atoms with Crippen molar-refractivity contribution in [2.24, 2.45) is 0 Å². The van der Waals surface area contributed by atoms with E-state index in [2.05, 4.69) is 5.32 Å². The van der Waals surface area contributed by atoms with Crippen molar-refractivity contribution in [3.8, 4) is 0 Å². The van der Waals surface area contributed by atoms with Crippen LogP contribution in [0.5, 0.6) is 0 Å². The van der Waals surface area contributed by atoms with Gasteiger partial charge in [-0.2, -0.15) is 0 Å². The molecule has 0 aliphatic carbocycles. The fourth-order valence-electron chi connectivity index (χ4n) is 1.22. The maximum absolute atomic E-state index is 12.0. The first-order valence-electron chi connectivity index (χ1n) is 5.42. The van der Waals surface area contributed by atoms with E-state index in [0.717, 1.165) is 10.5 Å². The van der Waals surface area contributed by atoms with Crippen molar-refractivity contribution in [1.29, 1.82) is 0 Å². The first kappa shape index (κ1) is 14.9. The fourth-order valence-corrected chi connectivity index (χ4v) is 2.08. The van der Waals surface area contributed by atoms with E-state index in [-0.39, 0.29) is 11.7 Å². The van der Waals surface area contributed by atoms with Gasteiger partial charge in [-0.05, 0) is 18.6 Å². The van der Waals surface area contributed by atoms with Crippen LogP contribution in [0.3, 0.4) is 0 Å². The molecular formula is C12H15F2NO2S. The quantitative estimate of drug-likeness (QED) is 0.779. The summed E-state index contributed by atoms with van der Waals surface area (Å²) in [4.78, 5) is 12.3. The van der Waals surface area contributed by atoms with Gasteiger partial charge in [0.05, 0.1) is 5.75 Å². The number of aryl methyl sites for hydroxylation is 1. The summed E-state index contributed by atoms with van der Waals surface area (Å²) in [6.07, 6.45) is -4.65. The molecule has 1 atom stereocenters. The number of aliphatic hydroxyl groups is 1. The maximum atomic E-state index is 12.0. The second-order valence-corrected chi connectivity index (χ2v) is 4.78. The average Bonchev–Trinajstić information content (AvgIpc) is 2.34. The Morgan fingerprint density at radius 1 is 1.44 bits per heavy atom. The molecule has 0 aromatic heterocycles. The predicted octanol–water partition coefficient (Wildman–Crippen LogP) is 1.83. The maximum Gasteiger partial charge on any atom is 0.265 e. The monoisotopic (exact) mass is 275 g/mol. The Labute approximate surface area is 109 Å². The molecule has 1 aromatic carbocycles. The molecule has 1 unspecified atom stereocenters. The average molecular weight is 275 g/mol. The number of halogens is 2. The van der Waals surface area contributed by atoms with E-state index < -0.39 is 19.1 Å². The Morgan fingerprint density at radius 2 is 2.11 bits per heavy atom. The van der Waals surface area contributed by atoms with Gasteiger partial charge in [-0.1, -0.05) is 18.2 Å². The largest absolute Gasteiger partial charge is 0.385 e. The van der Waals surface area contributed by atoms with Gasteiger partial charge < -0.3 is 10.4 Å². The number of thioether (sulfide) groups is 1. The van der Waals surface area contributed by atoms with Crippen LogP contribution in [-0.4, -0.2) is 35.8 Å². The predicted molar refractivity (Wildman–Crippen MR) is 66.9 cm³/mol. The van der Waals surface area contributed by atoms with Crippen LogP contribution in [-0.2, 0) is 4.79 Å². The second-order valence-electron chi connectivity index (χ2n) is 3.76. The Bertz CT molecular complexity index is 401. The lowest BCUT2D eigenvalue weighted by molar-refractivity contribution is -0.119.